The standard InChI is InChI=1S/C15H11FN2O3/c16-11-2-4-13(5-3-11)21-9-12-7-17-14-6-1-10(15(19)20)8-18(12)14/h1-8H,9H2,(H,19,20). The lowest BCUT2D eigenvalue weighted by atomic mass is 10.3. The lowest BCUT2D eigenvalue weighted by molar-refractivity contribution is 0.0696. The molecule has 106 valence electrons. The number of hydrogen-bond donors (Lipinski definition) is 1. The lowest BCUT2D eigenvalue weighted by Gasteiger charge is -2.06. The molecule has 0 aliphatic carbocycles. The Morgan fingerprint density at radius 1 is 1.24 bits per heavy atom. The molecule has 0 saturated heterocycles. The number of aromatic nitrogens is 2. The average molecular weight is 286 g/mol. The molecule has 0 fully saturated rings. The summed E-state index contributed by atoms with van der Waals surface area (Å²) in [6, 6.07) is 8.81. The minimum atomic E-state index is -1.00. The van der Waals surface area contributed by atoms with Crippen LogP contribution in [0.2, 0.25) is 0 Å². The fourth-order valence-electron chi connectivity index (χ4n) is 1.95. The molecule has 0 aliphatic rings. The summed E-state index contributed by atoms with van der Waals surface area (Å²) in [5, 5.41) is 9.01. The van der Waals surface area contributed by atoms with Crippen LogP contribution >= 0.6 is 0 Å². The number of nitrogens with zero attached hydrogens (tertiary/aromatic N) is 2. The summed E-state index contributed by atoms with van der Waals surface area (Å²) >= 11 is 0. The van der Waals surface area contributed by atoms with E-state index in [1.54, 1.807) is 16.7 Å². The van der Waals surface area contributed by atoms with Crippen molar-refractivity contribution in [3.8, 4) is 5.75 Å². The fraction of sp³-hybridized carbons (Fsp3) is 0.0667. The van der Waals surface area contributed by atoms with Crippen molar-refractivity contribution in [2.75, 3.05) is 0 Å². The van der Waals surface area contributed by atoms with Crippen LogP contribution in [0.5, 0.6) is 5.75 Å². The van der Waals surface area contributed by atoms with Crippen LogP contribution in [0.15, 0.2) is 48.8 Å². The molecule has 5 nitrogen and oxygen atoms in total. The van der Waals surface area contributed by atoms with Gasteiger partial charge in [0.2, 0.25) is 0 Å². The molecule has 0 radical (unpaired) electrons. The molecular formula is C15H11FN2O3. The van der Waals surface area contributed by atoms with E-state index in [0.717, 1.165) is 0 Å². The van der Waals surface area contributed by atoms with Gasteiger partial charge < -0.3 is 9.84 Å². The number of carboxylic acids is 1. The monoisotopic (exact) mass is 286 g/mol. The van der Waals surface area contributed by atoms with Gasteiger partial charge in [0.15, 0.2) is 0 Å². The van der Waals surface area contributed by atoms with Crippen LogP contribution in [0.25, 0.3) is 5.65 Å². The first-order valence-corrected chi connectivity index (χ1v) is 6.21. The maximum Gasteiger partial charge on any atom is 0.337 e. The van der Waals surface area contributed by atoms with E-state index >= 15 is 0 Å². The highest BCUT2D eigenvalue weighted by atomic mass is 19.1. The summed E-state index contributed by atoms with van der Waals surface area (Å²) in [5.74, 6) is -0.806. The highest BCUT2D eigenvalue weighted by molar-refractivity contribution is 5.87. The number of carboxylic acid groups (broad SMARTS) is 1. The molecule has 3 rings (SSSR count). The molecule has 0 aliphatic heterocycles. The number of pyridine rings is 1. The van der Waals surface area contributed by atoms with Crippen molar-refractivity contribution in [2.45, 2.75) is 6.61 Å². The largest absolute Gasteiger partial charge is 0.487 e. The van der Waals surface area contributed by atoms with Crippen molar-refractivity contribution < 1.29 is 19.0 Å². The molecule has 1 aromatic carbocycles. The van der Waals surface area contributed by atoms with Crippen LogP contribution in [0.4, 0.5) is 4.39 Å². The van der Waals surface area contributed by atoms with E-state index in [2.05, 4.69) is 4.98 Å². The highest BCUT2D eigenvalue weighted by Gasteiger charge is 2.08. The summed E-state index contributed by atoms with van der Waals surface area (Å²) < 4.78 is 20.0. The van der Waals surface area contributed by atoms with Gasteiger partial charge in [0, 0.05) is 6.20 Å². The first kappa shape index (κ1) is 13.1. The van der Waals surface area contributed by atoms with E-state index < -0.39 is 5.97 Å². The number of rotatable bonds is 4. The van der Waals surface area contributed by atoms with Crippen LogP contribution in [-0.4, -0.2) is 20.5 Å². The molecule has 0 spiro atoms. The predicted molar refractivity (Wildman–Crippen MR) is 72.9 cm³/mol. The second-order valence-electron chi connectivity index (χ2n) is 4.44. The summed E-state index contributed by atoms with van der Waals surface area (Å²) in [4.78, 5) is 15.2. The van der Waals surface area contributed by atoms with Gasteiger partial charge in [-0.15, -0.1) is 0 Å². The van der Waals surface area contributed by atoms with Gasteiger partial charge in [-0.25, -0.2) is 14.2 Å². The number of carbonyl (C=O) groups is 1. The number of ether oxygens (including phenoxy) is 1. The Bertz CT molecular complexity index is 796. The van der Waals surface area contributed by atoms with Crippen LogP contribution < -0.4 is 4.74 Å². The minimum absolute atomic E-state index is 0.170. The second-order valence-corrected chi connectivity index (χ2v) is 4.44. The third-order valence-corrected chi connectivity index (χ3v) is 3.03. The third kappa shape index (κ3) is 2.69. The van der Waals surface area contributed by atoms with E-state index in [-0.39, 0.29) is 18.0 Å². The number of fused-ring (bicyclic) bond motifs is 1. The maximum absolute atomic E-state index is 12.8. The van der Waals surface area contributed by atoms with Crippen LogP contribution in [-0.2, 0) is 6.61 Å². The summed E-state index contributed by atoms with van der Waals surface area (Å²) in [5.41, 5.74) is 1.51. The van der Waals surface area contributed by atoms with Crippen LogP contribution in [0, 0.1) is 5.82 Å². The Morgan fingerprint density at radius 3 is 2.71 bits per heavy atom. The predicted octanol–water partition coefficient (Wildman–Crippen LogP) is 2.75. The van der Waals surface area contributed by atoms with Gasteiger partial charge in [0.05, 0.1) is 17.5 Å². The van der Waals surface area contributed by atoms with Gasteiger partial charge in [-0.1, -0.05) is 0 Å². The summed E-state index contributed by atoms with van der Waals surface area (Å²) in [6.07, 6.45) is 3.11. The lowest BCUT2D eigenvalue weighted by Crippen LogP contribution is -2.03. The molecule has 0 atom stereocenters. The molecule has 0 unspecified atom stereocenters. The van der Waals surface area contributed by atoms with Gasteiger partial charge in [0.25, 0.3) is 0 Å². The van der Waals surface area contributed by atoms with Gasteiger partial charge in [0.1, 0.15) is 23.8 Å². The van der Waals surface area contributed by atoms with Gasteiger partial charge in [-0.2, -0.15) is 0 Å². The Morgan fingerprint density at radius 2 is 2.00 bits per heavy atom. The zero-order chi connectivity index (χ0) is 14.8. The zero-order valence-electron chi connectivity index (χ0n) is 10.9. The fourth-order valence-corrected chi connectivity index (χ4v) is 1.95. The Kier molecular flexibility index (Phi) is 3.27. The van der Waals surface area contributed by atoms with Crippen molar-refractivity contribution in [3.05, 3.63) is 65.9 Å². The number of aromatic carboxylic acids is 1. The molecule has 21 heavy (non-hydrogen) atoms. The quantitative estimate of drug-likeness (QED) is 0.801. The highest BCUT2D eigenvalue weighted by Crippen LogP contribution is 2.15. The smallest absolute Gasteiger partial charge is 0.337 e. The SMILES string of the molecule is O=C(O)c1ccc2ncc(COc3ccc(F)cc3)n2c1. The van der Waals surface area contributed by atoms with Crippen molar-refractivity contribution in [1.29, 1.82) is 0 Å². The van der Waals surface area contributed by atoms with Crippen molar-refractivity contribution in [2.24, 2.45) is 0 Å². The normalized spacial score (nSPS) is 10.7. The molecule has 2 heterocycles. The number of imidazole rings is 1. The molecular weight excluding hydrogens is 275 g/mol. The molecule has 0 saturated carbocycles. The number of halogens is 1. The van der Waals surface area contributed by atoms with Gasteiger partial charge in [-0.3, -0.25) is 4.40 Å². The maximum atomic E-state index is 12.8. The molecule has 0 amide bonds. The van der Waals surface area contributed by atoms with E-state index in [0.29, 0.717) is 17.1 Å². The van der Waals surface area contributed by atoms with E-state index in [4.69, 9.17) is 9.84 Å². The number of hydrogen-bond acceptors (Lipinski definition) is 3. The topological polar surface area (TPSA) is 63.8 Å². The first-order chi connectivity index (χ1) is 10.1. The van der Waals surface area contributed by atoms with E-state index in [1.165, 1.54) is 36.5 Å². The van der Waals surface area contributed by atoms with Crippen LogP contribution in [0.3, 0.4) is 0 Å². The van der Waals surface area contributed by atoms with E-state index in [1.807, 2.05) is 0 Å². The van der Waals surface area contributed by atoms with Crippen molar-refractivity contribution >= 4 is 11.6 Å². The second kappa shape index (κ2) is 5.24. The first-order valence-electron chi connectivity index (χ1n) is 6.21. The molecule has 1 N–H and O–H groups in total. The summed E-state index contributed by atoms with van der Waals surface area (Å²) in [7, 11) is 0. The Balaban J connectivity index is 1.84. The zero-order valence-corrected chi connectivity index (χ0v) is 10.9. The third-order valence-electron chi connectivity index (χ3n) is 3.03. The summed E-state index contributed by atoms with van der Waals surface area (Å²) in [6.45, 7) is 0.204. The van der Waals surface area contributed by atoms with Crippen molar-refractivity contribution in [1.82, 2.24) is 9.38 Å². The average Bonchev–Trinajstić information content (AvgIpc) is 2.89. The number of benzene rings is 1. The molecule has 2 aromatic heterocycles. The van der Waals surface area contributed by atoms with Gasteiger partial charge in [-0.05, 0) is 36.4 Å². The minimum Gasteiger partial charge on any atom is -0.487 e. The van der Waals surface area contributed by atoms with Gasteiger partial charge >= 0.3 is 5.97 Å². The molecule has 0 bridgehead atoms. The van der Waals surface area contributed by atoms with E-state index in [9.17, 15) is 9.18 Å². The Hall–Kier alpha value is -2.89. The Labute approximate surface area is 119 Å². The molecule has 3 aromatic rings. The van der Waals surface area contributed by atoms with Crippen molar-refractivity contribution in [3.63, 3.8) is 0 Å². The van der Waals surface area contributed by atoms with Crippen LogP contribution in [0.1, 0.15) is 16.1 Å². The molecule has 6 heteroatoms.